The van der Waals surface area contributed by atoms with Crippen molar-refractivity contribution in [3.05, 3.63) is 29.3 Å². The molecule has 0 bridgehead atoms. The number of amides is 1. The zero-order valence-corrected chi connectivity index (χ0v) is 15.3. The first-order valence-electron chi connectivity index (χ1n) is 7.60. The van der Waals surface area contributed by atoms with E-state index in [9.17, 15) is 13.2 Å². The minimum Gasteiger partial charge on any atom is -0.342 e. The number of carbonyl (C=O) groups is 1. The van der Waals surface area contributed by atoms with Crippen molar-refractivity contribution in [3.63, 3.8) is 0 Å². The van der Waals surface area contributed by atoms with Crippen LogP contribution in [0.4, 0.5) is 5.69 Å². The fourth-order valence-electron chi connectivity index (χ4n) is 2.11. The minimum absolute atomic E-state index is 0.0244. The summed E-state index contributed by atoms with van der Waals surface area (Å²) in [6, 6.07) is 5.08. The van der Waals surface area contributed by atoms with Crippen LogP contribution in [0.25, 0.3) is 0 Å². The van der Waals surface area contributed by atoms with Crippen molar-refractivity contribution >= 4 is 21.6 Å². The monoisotopic (exact) mass is 341 g/mol. The summed E-state index contributed by atoms with van der Waals surface area (Å²) in [5.41, 5.74) is 7.54. The number of anilines is 1. The Kier molecular flexibility index (Phi) is 6.58. The Balaban J connectivity index is 2.95. The van der Waals surface area contributed by atoms with Gasteiger partial charge in [0.25, 0.3) is 5.91 Å². The second-order valence-corrected chi connectivity index (χ2v) is 8.09. The molecular weight excluding hydrogens is 314 g/mol. The van der Waals surface area contributed by atoms with Crippen molar-refractivity contribution in [1.82, 2.24) is 4.90 Å². The first-order chi connectivity index (χ1) is 10.5. The molecule has 0 saturated heterocycles. The van der Waals surface area contributed by atoms with Crippen molar-refractivity contribution in [1.29, 1.82) is 0 Å². The van der Waals surface area contributed by atoms with Crippen LogP contribution in [0.1, 0.15) is 36.2 Å². The Morgan fingerprint density at radius 2 is 1.96 bits per heavy atom. The van der Waals surface area contributed by atoms with Gasteiger partial charge in [0.1, 0.15) is 0 Å². The van der Waals surface area contributed by atoms with E-state index in [4.69, 9.17) is 5.73 Å². The quantitative estimate of drug-likeness (QED) is 0.791. The molecule has 6 nitrogen and oxygen atoms in total. The van der Waals surface area contributed by atoms with Crippen LogP contribution in [0.15, 0.2) is 18.2 Å². The predicted octanol–water partition coefficient (Wildman–Crippen LogP) is 1.81. The number of carbonyl (C=O) groups excluding carboxylic acids is 1. The Hall–Kier alpha value is -1.60. The van der Waals surface area contributed by atoms with Gasteiger partial charge in [-0.05, 0) is 31.4 Å². The van der Waals surface area contributed by atoms with Crippen molar-refractivity contribution in [2.24, 2.45) is 11.7 Å². The van der Waals surface area contributed by atoms with Gasteiger partial charge in [0, 0.05) is 19.6 Å². The zero-order valence-electron chi connectivity index (χ0n) is 14.5. The van der Waals surface area contributed by atoms with Gasteiger partial charge in [0.2, 0.25) is 10.0 Å². The molecule has 1 rings (SSSR count). The fourth-order valence-corrected chi connectivity index (χ4v) is 2.68. The molecule has 1 unspecified atom stereocenters. The van der Waals surface area contributed by atoms with Gasteiger partial charge in [0.15, 0.2) is 0 Å². The predicted molar refractivity (Wildman–Crippen MR) is 94.0 cm³/mol. The Morgan fingerprint density at radius 3 is 2.48 bits per heavy atom. The highest BCUT2D eigenvalue weighted by molar-refractivity contribution is 7.92. The topological polar surface area (TPSA) is 92.5 Å². The lowest BCUT2D eigenvalue weighted by Crippen LogP contribution is -2.35. The van der Waals surface area contributed by atoms with E-state index in [0.717, 1.165) is 11.8 Å². The summed E-state index contributed by atoms with van der Waals surface area (Å²) in [6.07, 6.45) is 1.76. The van der Waals surface area contributed by atoms with Crippen LogP contribution in [-0.4, -0.2) is 45.1 Å². The second-order valence-electron chi connectivity index (χ2n) is 6.35. The Bertz CT molecular complexity index is 657. The van der Waals surface area contributed by atoms with E-state index in [0.29, 0.717) is 30.1 Å². The van der Waals surface area contributed by atoms with E-state index in [1.54, 1.807) is 30.1 Å². The molecule has 1 amide bonds. The minimum atomic E-state index is -3.45. The average molecular weight is 341 g/mol. The molecule has 0 aliphatic rings. The number of nitrogens with two attached hydrogens (primary N) is 1. The van der Waals surface area contributed by atoms with Gasteiger partial charge < -0.3 is 10.6 Å². The van der Waals surface area contributed by atoms with Crippen molar-refractivity contribution in [2.75, 3.05) is 24.6 Å². The van der Waals surface area contributed by atoms with Crippen LogP contribution in [0.5, 0.6) is 0 Å². The summed E-state index contributed by atoms with van der Waals surface area (Å²) < 4.78 is 25.3. The summed E-state index contributed by atoms with van der Waals surface area (Å²) >= 11 is 0. The highest BCUT2D eigenvalue weighted by Gasteiger charge is 2.19. The lowest BCUT2D eigenvalue weighted by Gasteiger charge is -2.23. The molecule has 0 heterocycles. The third-order valence-corrected chi connectivity index (χ3v) is 4.29. The average Bonchev–Trinajstić information content (AvgIpc) is 2.43. The van der Waals surface area contributed by atoms with Gasteiger partial charge >= 0.3 is 0 Å². The van der Waals surface area contributed by atoms with Crippen LogP contribution in [0, 0.1) is 12.8 Å². The van der Waals surface area contributed by atoms with Crippen LogP contribution < -0.4 is 10.5 Å². The van der Waals surface area contributed by atoms with Crippen molar-refractivity contribution < 1.29 is 13.2 Å². The lowest BCUT2D eigenvalue weighted by atomic mass is 10.0. The summed E-state index contributed by atoms with van der Waals surface area (Å²) in [7, 11) is -1.75. The number of sulfonamides is 1. The van der Waals surface area contributed by atoms with Gasteiger partial charge in [-0.15, -0.1) is 0 Å². The lowest BCUT2D eigenvalue weighted by molar-refractivity contribution is 0.0790. The maximum atomic E-state index is 12.6. The number of hydrogen-bond donors (Lipinski definition) is 2. The van der Waals surface area contributed by atoms with Crippen LogP contribution >= 0.6 is 0 Å². The molecule has 3 N–H and O–H groups in total. The first-order valence-corrected chi connectivity index (χ1v) is 9.50. The van der Waals surface area contributed by atoms with Crippen LogP contribution in [0.3, 0.4) is 0 Å². The van der Waals surface area contributed by atoms with E-state index in [1.165, 1.54) is 0 Å². The zero-order chi connectivity index (χ0) is 17.8. The summed E-state index contributed by atoms with van der Waals surface area (Å²) in [4.78, 5) is 14.2. The van der Waals surface area contributed by atoms with Gasteiger partial charge in [-0.1, -0.05) is 25.5 Å². The number of nitrogens with one attached hydrogen (secondary N) is 1. The molecule has 0 saturated carbocycles. The highest BCUT2D eigenvalue weighted by Crippen LogP contribution is 2.20. The Labute approximate surface area is 139 Å². The number of benzene rings is 1. The molecular formula is C16H27N3O3S. The molecule has 1 aromatic rings. The van der Waals surface area contributed by atoms with Crippen molar-refractivity contribution in [2.45, 2.75) is 33.2 Å². The summed E-state index contributed by atoms with van der Waals surface area (Å²) in [6.45, 7) is 6.46. The largest absolute Gasteiger partial charge is 0.342 e. The van der Waals surface area contributed by atoms with Gasteiger partial charge in [-0.2, -0.15) is 0 Å². The molecule has 0 aliphatic heterocycles. The standard InChI is InChI=1S/C16H27N3O3S/c1-11(2)14(17)8-9-19(4)16(20)13-10-12(3)6-7-15(13)18-23(5,21)22/h6-7,10-11,14,18H,8-9,17H2,1-5H3. The van der Waals surface area contributed by atoms with Gasteiger partial charge in [-0.25, -0.2) is 8.42 Å². The molecule has 0 aliphatic carbocycles. The third-order valence-electron chi connectivity index (χ3n) is 3.70. The highest BCUT2D eigenvalue weighted by atomic mass is 32.2. The van der Waals surface area contributed by atoms with E-state index in [1.807, 2.05) is 20.8 Å². The number of rotatable bonds is 7. The maximum absolute atomic E-state index is 12.6. The third kappa shape index (κ3) is 6.19. The van der Waals surface area contributed by atoms with E-state index in [2.05, 4.69) is 4.72 Å². The number of nitrogens with zero attached hydrogens (tertiary/aromatic N) is 1. The molecule has 23 heavy (non-hydrogen) atoms. The van der Waals surface area contributed by atoms with Gasteiger partial charge in [0.05, 0.1) is 17.5 Å². The second kappa shape index (κ2) is 7.79. The SMILES string of the molecule is Cc1ccc(NS(C)(=O)=O)c(C(=O)N(C)CCC(N)C(C)C)c1. The fraction of sp³-hybridized carbons (Fsp3) is 0.562. The summed E-state index contributed by atoms with van der Waals surface area (Å²) in [5, 5.41) is 0. The van der Waals surface area contributed by atoms with E-state index in [-0.39, 0.29) is 11.9 Å². The van der Waals surface area contributed by atoms with E-state index >= 15 is 0 Å². The normalized spacial score (nSPS) is 13.0. The molecule has 0 fully saturated rings. The molecule has 1 atom stereocenters. The molecule has 7 heteroatoms. The maximum Gasteiger partial charge on any atom is 0.255 e. The molecule has 130 valence electrons. The molecule has 0 aromatic heterocycles. The number of aryl methyl sites for hydroxylation is 1. The number of hydrogen-bond acceptors (Lipinski definition) is 4. The molecule has 1 aromatic carbocycles. The van der Waals surface area contributed by atoms with E-state index < -0.39 is 10.0 Å². The van der Waals surface area contributed by atoms with Crippen molar-refractivity contribution in [3.8, 4) is 0 Å². The van der Waals surface area contributed by atoms with Gasteiger partial charge in [-0.3, -0.25) is 9.52 Å². The molecule has 0 spiro atoms. The first kappa shape index (κ1) is 19.4. The smallest absolute Gasteiger partial charge is 0.255 e. The van der Waals surface area contributed by atoms with Crippen LogP contribution in [0.2, 0.25) is 0 Å². The summed E-state index contributed by atoms with van der Waals surface area (Å²) in [5.74, 6) is 0.121. The Morgan fingerprint density at radius 1 is 1.35 bits per heavy atom. The molecule has 0 radical (unpaired) electrons. The van der Waals surface area contributed by atoms with Crippen LogP contribution in [-0.2, 0) is 10.0 Å².